The first-order valence-electron chi connectivity index (χ1n) is 11.3. The summed E-state index contributed by atoms with van der Waals surface area (Å²) in [6.07, 6.45) is 0. The molecule has 4 rings (SSSR count). The van der Waals surface area contributed by atoms with Gasteiger partial charge in [0.25, 0.3) is 0 Å². The summed E-state index contributed by atoms with van der Waals surface area (Å²) in [6, 6.07) is 26.0. The van der Waals surface area contributed by atoms with Crippen LogP contribution in [0.2, 0.25) is 0 Å². The number of hydrogen-bond donors (Lipinski definition) is 0. The lowest BCUT2D eigenvalue weighted by atomic mass is 10.1. The molecule has 4 aromatic rings. The fourth-order valence-electron chi connectivity index (χ4n) is 4.05. The molecule has 0 atom stereocenters. The van der Waals surface area contributed by atoms with E-state index in [4.69, 9.17) is 19.0 Å². The van der Waals surface area contributed by atoms with Crippen molar-refractivity contribution in [3.8, 4) is 34.2 Å². The van der Waals surface area contributed by atoms with E-state index in [1.807, 2.05) is 73.7 Å². The first-order valence-corrected chi connectivity index (χ1v) is 11.3. The zero-order valence-corrected chi connectivity index (χ0v) is 20.7. The van der Waals surface area contributed by atoms with Gasteiger partial charge in [-0.2, -0.15) is 0 Å². The van der Waals surface area contributed by atoms with Gasteiger partial charge in [-0.05, 0) is 74.0 Å². The quantitative estimate of drug-likeness (QED) is 0.209. The molecule has 0 saturated heterocycles. The largest absolute Gasteiger partial charge is 0.497 e. The Hall–Kier alpha value is -4.19. The van der Waals surface area contributed by atoms with Gasteiger partial charge in [0.05, 0.1) is 32.7 Å². The second-order valence-corrected chi connectivity index (χ2v) is 8.10. The maximum absolute atomic E-state index is 5.70. The molecule has 0 aliphatic rings. The van der Waals surface area contributed by atoms with Gasteiger partial charge >= 0.3 is 0 Å². The molecule has 1 aromatic heterocycles. The van der Waals surface area contributed by atoms with E-state index < -0.39 is 0 Å². The third-order valence-corrected chi connectivity index (χ3v) is 5.90. The van der Waals surface area contributed by atoms with Gasteiger partial charge in [-0.3, -0.25) is 0 Å². The van der Waals surface area contributed by atoms with Crippen molar-refractivity contribution in [3.63, 3.8) is 0 Å². The number of aromatic nitrogens is 1. The van der Waals surface area contributed by atoms with Crippen molar-refractivity contribution in [2.24, 2.45) is 5.16 Å². The number of ether oxygens (including phenoxy) is 3. The highest BCUT2D eigenvalue weighted by molar-refractivity contribution is 6.01. The molecule has 1 heterocycles. The molecular weight excluding hydrogens is 440 g/mol. The maximum Gasteiger partial charge on any atom is 0.142 e. The molecule has 0 radical (unpaired) electrons. The smallest absolute Gasteiger partial charge is 0.142 e. The molecule has 0 unspecified atom stereocenters. The standard InChI is InChI=1S/C29H30N2O4/c1-20(30-35-19-22-8-6-10-26(16-22)33-4)28-18-29(23-9-7-11-27(17-23)34-5)31(21(28)2)24-12-14-25(32-3)15-13-24/h6-18H,19H2,1-5H3/b30-20+. The molecule has 0 saturated carbocycles. The van der Waals surface area contributed by atoms with Crippen molar-refractivity contribution in [3.05, 3.63) is 95.7 Å². The first kappa shape index (κ1) is 24.0. The van der Waals surface area contributed by atoms with Crippen molar-refractivity contribution in [2.75, 3.05) is 21.3 Å². The van der Waals surface area contributed by atoms with E-state index in [-0.39, 0.29) is 0 Å². The lowest BCUT2D eigenvalue weighted by molar-refractivity contribution is 0.130. The van der Waals surface area contributed by atoms with Crippen LogP contribution in [0, 0.1) is 6.92 Å². The van der Waals surface area contributed by atoms with Gasteiger partial charge in [-0.15, -0.1) is 0 Å². The predicted molar refractivity (Wildman–Crippen MR) is 139 cm³/mol. The van der Waals surface area contributed by atoms with Crippen LogP contribution >= 0.6 is 0 Å². The highest BCUT2D eigenvalue weighted by atomic mass is 16.6. The van der Waals surface area contributed by atoms with Gasteiger partial charge in [0.1, 0.15) is 23.9 Å². The molecule has 6 nitrogen and oxygen atoms in total. The average molecular weight is 471 g/mol. The minimum absolute atomic E-state index is 0.357. The lowest BCUT2D eigenvalue weighted by Gasteiger charge is -2.13. The molecule has 0 fully saturated rings. The summed E-state index contributed by atoms with van der Waals surface area (Å²) in [7, 11) is 4.99. The summed E-state index contributed by atoms with van der Waals surface area (Å²) in [4.78, 5) is 5.70. The van der Waals surface area contributed by atoms with Crippen LogP contribution in [0.1, 0.15) is 23.7 Å². The van der Waals surface area contributed by atoms with E-state index in [1.54, 1.807) is 21.3 Å². The summed E-state index contributed by atoms with van der Waals surface area (Å²) >= 11 is 0. The Labute approximate surface area is 206 Å². The Morgan fingerprint density at radius 3 is 2.11 bits per heavy atom. The van der Waals surface area contributed by atoms with E-state index in [0.29, 0.717) is 6.61 Å². The van der Waals surface area contributed by atoms with E-state index in [1.165, 1.54) is 0 Å². The molecule has 0 spiro atoms. The van der Waals surface area contributed by atoms with Crippen LogP contribution in [0.5, 0.6) is 17.2 Å². The lowest BCUT2D eigenvalue weighted by Crippen LogP contribution is -2.03. The number of benzene rings is 3. The van der Waals surface area contributed by atoms with Gasteiger partial charge in [-0.25, -0.2) is 0 Å². The fraction of sp³-hybridized carbons (Fsp3) is 0.207. The predicted octanol–water partition coefficient (Wildman–Crippen LogP) is 6.42. The molecule has 0 aliphatic carbocycles. The molecule has 0 bridgehead atoms. The zero-order valence-electron chi connectivity index (χ0n) is 20.7. The zero-order chi connectivity index (χ0) is 24.8. The number of nitrogens with zero attached hydrogens (tertiary/aromatic N) is 2. The molecule has 180 valence electrons. The van der Waals surface area contributed by atoms with Crippen molar-refractivity contribution in [1.29, 1.82) is 0 Å². The van der Waals surface area contributed by atoms with Crippen molar-refractivity contribution in [2.45, 2.75) is 20.5 Å². The third kappa shape index (κ3) is 5.32. The summed E-state index contributed by atoms with van der Waals surface area (Å²) < 4.78 is 18.3. The van der Waals surface area contributed by atoms with Crippen LogP contribution in [-0.2, 0) is 11.4 Å². The van der Waals surface area contributed by atoms with E-state index in [2.05, 4.69) is 28.8 Å². The molecule has 0 amide bonds. The Kier molecular flexibility index (Phi) is 7.41. The highest BCUT2D eigenvalue weighted by Crippen LogP contribution is 2.32. The van der Waals surface area contributed by atoms with Crippen LogP contribution < -0.4 is 14.2 Å². The molecule has 0 aliphatic heterocycles. The van der Waals surface area contributed by atoms with Crippen LogP contribution in [-0.4, -0.2) is 31.6 Å². The normalized spacial score (nSPS) is 11.3. The SMILES string of the molecule is COc1ccc(-n2c(-c3cccc(OC)c3)cc(/C(C)=N/OCc3cccc(OC)c3)c2C)cc1. The van der Waals surface area contributed by atoms with E-state index in [9.17, 15) is 0 Å². The van der Waals surface area contributed by atoms with Crippen LogP contribution in [0.15, 0.2) is 84.0 Å². The van der Waals surface area contributed by atoms with Crippen LogP contribution in [0.4, 0.5) is 0 Å². The molecule has 0 N–H and O–H groups in total. The van der Waals surface area contributed by atoms with Crippen molar-refractivity contribution in [1.82, 2.24) is 4.57 Å². The summed E-state index contributed by atoms with van der Waals surface area (Å²) in [5, 5.41) is 4.43. The number of rotatable bonds is 9. The Balaban J connectivity index is 1.71. The molecule has 6 heteroatoms. The second kappa shape index (κ2) is 10.8. The van der Waals surface area contributed by atoms with Gasteiger partial charge in [-0.1, -0.05) is 29.4 Å². The van der Waals surface area contributed by atoms with E-state index >= 15 is 0 Å². The summed E-state index contributed by atoms with van der Waals surface area (Å²) in [5.41, 5.74) is 6.94. The van der Waals surface area contributed by atoms with Gasteiger partial charge < -0.3 is 23.6 Å². The topological polar surface area (TPSA) is 54.2 Å². The Bertz CT molecular complexity index is 1320. The van der Waals surface area contributed by atoms with Gasteiger partial charge in [0.15, 0.2) is 0 Å². The number of methoxy groups -OCH3 is 3. The minimum atomic E-state index is 0.357. The fourth-order valence-corrected chi connectivity index (χ4v) is 4.05. The van der Waals surface area contributed by atoms with Crippen LogP contribution in [0.3, 0.4) is 0 Å². The van der Waals surface area contributed by atoms with Crippen molar-refractivity contribution >= 4 is 5.71 Å². The summed E-state index contributed by atoms with van der Waals surface area (Å²) in [5.74, 6) is 2.41. The highest BCUT2D eigenvalue weighted by Gasteiger charge is 2.17. The monoisotopic (exact) mass is 470 g/mol. The third-order valence-electron chi connectivity index (χ3n) is 5.90. The molecule has 3 aromatic carbocycles. The van der Waals surface area contributed by atoms with Gasteiger partial charge in [0.2, 0.25) is 0 Å². The molecular formula is C29H30N2O4. The second-order valence-electron chi connectivity index (χ2n) is 8.10. The van der Waals surface area contributed by atoms with Gasteiger partial charge in [0, 0.05) is 22.5 Å². The molecule has 35 heavy (non-hydrogen) atoms. The van der Waals surface area contributed by atoms with Crippen molar-refractivity contribution < 1.29 is 19.0 Å². The first-order chi connectivity index (χ1) is 17.0. The number of hydrogen-bond acceptors (Lipinski definition) is 5. The summed E-state index contributed by atoms with van der Waals surface area (Å²) in [6.45, 7) is 4.40. The Morgan fingerprint density at radius 2 is 1.43 bits per heavy atom. The van der Waals surface area contributed by atoms with E-state index in [0.717, 1.165) is 56.7 Å². The number of oxime groups is 1. The Morgan fingerprint density at radius 1 is 0.771 bits per heavy atom. The maximum atomic E-state index is 5.70. The average Bonchev–Trinajstić information content (AvgIpc) is 3.25. The van der Waals surface area contributed by atoms with Crippen LogP contribution in [0.25, 0.3) is 16.9 Å². The minimum Gasteiger partial charge on any atom is -0.497 e.